The van der Waals surface area contributed by atoms with E-state index < -0.39 is 5.60 Å². The predicted molar refractivity (Wildman–Crippen MR) is 93.3 cm³/mol. The molecule has 0 N–H and O–H groups in total. The number of unbranched alkanes of at least 4 members (excludes halogenated alkanes) is 6. The minimum atomic E-state index is -0.396. The molecule has 0 fully saturated rings. The fraction of sp³-hybridized carbons (Fsp3) is 0.600. The van der Waals surface area contributed by atoms with E-state index in [4.69, 9.17) is 11.3 Å². The standard InChI is InChI=1S/C20H27NO2/c1-4-5-6-7-8-9-10-13-20(2)15-18(22)17-14-16(21-3)11-12-19(17)23-20/h11-12,14H,4-10,13,15H2,1-2H3. The van der Waals surface area contributed by atoms with Crippen LogP contribution in [0.15, 0.2) is 18.2 Å². The summed E-state index contributed by atoms with van der Waals surface area (Å²) in [6, 6.07) is 5.14. The Kier molecular flexibility index (Phi) is 6.21. The summed E-state index contributed by atoms with van der Waals surface area (Å²) in [7, 11) is 0. The number of fused-ring (bicyclic) bond motifs is 1. The molecule has 1 aromatic rings. The van der Waals surface area contributed by atoms with E-state index in [9.17, 15) is 4.79 Å². The average molecular weight is 313 g/mol. The van der Waals surface area contributed by atoms with Gasteiger partial charge in [-0.1, -0.05) is 51.5 Å². The van der Waals surface area contributed by atoms with E-state index >= 15 is 0 Å². The van der Waals surface area contributed by atoms with Gasteiger partial charge < -0.3 is 4.74 Å². The minimum absolute atomic E-state index is 0.0993. The van der Waals surface area contributed by atoms with Crippen molar-refractivity contribution >= 4 is 11.5 Å². The molecule has 2 rings (SSSR count). The van der Waals surface area contributed by atoms with Crippen molar-refractivity contribution in [3.05, 3.63) is 35.2 Å². The molecule has 1 aliphatic heterocycles. The maximum absolute atomic E-state index is 12.4. The molecule has 0 aliphatic carbocycles. The topological polar surface area (TPSA) is 30.7 Å². The lowest BCUT2D eigenvalue weighted by Crippen LogP contribution is -2.39. The minimum Gasteiger partial charge on any atom is -0.486 e. The molecule has 1 unspecified atom stereocenters. The van der Waals surface area contributed by atoms with Crippen LogP contribution in [0.1, 0.15) is 82.0 Å². The molecule has 0 saturated heterocycles. The molecule has 3 nitrogen and oxygen atoms in total. The molecule has 0 spiro atoms. The van der Waals surface area contributed by atoms with Crippen molar-refractivity contribution in [2.24, 2.45) is 0 Å². The summed E-state index contributed by atoms with van der Waals surface area (Å²) < 4.78 is 6.11. The number of hydrogen-bond donors (Lipinski definition) is 0. The Labute approximate surface area is 139 Å². The van der Waals surface area contributed by atoms with Crippen LogP contribution in [0.4, 0.5) is 5.69 Å². The van der Waals surface area contributed by atoms with E-state index in [0.29, 0.717) is 23.4 Å². The Balaban J connectivity index is 1.86. The van der Waals surface area contributed by atoms with Gasteiger partial charge in [0.2, 0.25) is 0 Å². The first-order valence-corrected chi connectivity index (χ1v) is 8.82. The van der Waals surface area contributed by atoms with Gasteiger partial charge in [-0.2, -0.15) is 0 Å². The molecule has 124 valence electrons. The maximum atomic E-state index is 12.4. The maximum Gasteiger partial charge on any atom is 0.188 e. The van der Waals surface area contributed by atoms with Crippen LogP contribution < -0.4 is 4.74 Å². The first-order valence-electron chi connectivity index (χ1n) is 8.82. The van der Waals surface area contributed by atoms with Crippen molar-refractivity contribution in [1.82, 2.24) is 0 Å². The van der Waals surface area contributed by atoms with E-state index in [1.54, 1.807) is 18.2 Å². The number of hydrogen-bond acceptors (Lipinski definition) is 2. The molecule has 0 radical (unpaired) electrons. The smallest absolute Gasteiger partial charge is 0.188 e. The van der Waals surface area contributed by atoms with Crippen molar-refractivity contribution in [3.63, 3.8) is 0 Å². The van der Waals surface area contributed by atoms with Crippen LogP contribution >= 0.6 is 0 Å². The average Bonchev–Trinajstić information content (AvgIpc) is 2.53. The molecule has 3 heteroatoms. The highest BCUT2D eigenvalue weighted by Crippen LogP contribution is 2.37. The predicted octanol–water partition coefficient (Wildman–Crippen LogP) is 6.10. The van der Waals surface area contributed by atoms with Crippen LogP contribution in [0, 0.1) is 6.57 Å². The van der Waals surface area contributed by atoms with Gasteiger partial charge in [0.1, 0.15) is 11.4 Å². The summed E-state index contributed by atoms with van der Waals surface area (Å²) in [5.74, 6) is 0.737. The lowest BCUT2D eigenvalue weighted by Gasteiger charge is -2.35. The van der Waals surface area contributed by atoms with Gasteiger partial charge in [-0.25, -0.2) is 4.85 Å². The zero-order chi connectivity index (χ0) is 16.7. The Bertz CT molecular complexity index is 588. The van der Waals surface area contributed by atoms with Crippen LogP contribution in [0.5, 0.6) is 5.75 Å². The molecular weight excluding hydrogens is 286 g/mol. The van der Waals surface area contributed by atoms with Crippen LogP contribution in [0.3, 0.4) is 0 Å². The molecular formula is C20H27NO2. The zero-order valence-corrected chi connectivity index (χ0v) is 14.4. The van der Waals surface area contributed by atoms with Crippen LogP contribution in [-0.2, 0) is 0 Å². The number of benzene rings is 1. The third-order valence-corrected chi connectivity index (χ3v) is 4.59. The molecule has 1 heterocycles. The van der Waals surface area contributed by atoms with Gasteiger partial charge in [-0.15, -0.1) is 0 Å². The summed E-state index contributed by atoms with van der Waals surface area (Å²) in [6.07, 6.45) is 10.2. The Morgan fingerprint density at radius 1 is 1.17 bits per heavy atom. The van der Waals surface area contributed by atoms with Gasteiger partial charge in [0.05, 0.1) is 13.0 Å². The second-order valence-corrected chi connectivity index (χ2v) is 6.82. The lowest BCUT2D eigenvalue weighted by atomic mass is 9.87. The van der Waals surface area contributed by atoms with Gasteiger partial charge in [0, 0.05) is 5.56 Å². The number of Topliss-reactive ketones (excluding diaryl/α,β-unsaturated/α-hetero) is 1. The van der Waals surface area contributed by atoms with Gasteiger partial charge in [0.25, 0.3) is 0 Å². The molecule has 1 aliphatic rings. The summed E-state index contributed by atoms with van der Waals surface area (Å²) in [5.41, 5.74) is 0.666. The molecule has 0 saturated carbocycles. The zero-order valence-electron chi connectivity index (χ0n) is 14.4. The fourth-order valence-corrected chi connectivity index (χ4v) is 3.23. The molecule has 1 atom stereocenters. The van der Waals surface area contributed by atoms with Gasteiger partial charge in [-0.3, -0.25) is 4.79 Å². The number of rotatable bonds is 8. The van der Waals surface area contributed by atoms with Crippen molar-refractivity contribution in [1.29, 1.82) is 0 Å². The summed E-state index contributed by atoms with van der Waals surface area (Å²) in [5, 5.41) is 0. The third-order valence-electron chi connectivity index (χ3n) is 4.59. The highest BCUT2D eigenvalue weighted by atomic mass is 16.5. The Morgan fingerprint density at radius 2 is 1.87 bits per heavy atom. The van der Waals surface area contributed by atoms with E-state index in [-0.39, 0.29) is 5.78 Å². The molecule has 0 aromatic heterocycles. The van der Waals surface area contributed by atoms with Crippen molar-refractivity contribution in [3.8, 4) is 5.75 Å². The number of ether oxygens (including phenoxy) is 1. The van der Waals surface area contributed by atoms with Crippen molar-refractivity contribution < 1.29 is 9.53 Å². The van der Waals surface area contributed by atoms with Crippen molar-refractivity contribution in [2.45, 2.75) is 77.2 Å². The number of nitrogens with zero attached hydrogens (tertiary/aromatic N) is 1. The largest absolute Gasteiger partial charge is 0.486 e. The summed E-state index contributed by atoms with van der Waals surface area (Å²) >= 11 is 0. The number of ketones is 1. The third kappa shape index (κ3) is 4.82. The second kappa shape index (κ2) is 8.15. The van der Waals surface area contributed by atoms with E-state index in [1.807, 2.05) is 6.92 Å². The summed E-state index contributed by atoms with van der Waals surface area (Å²) in [6.45, 7) is 11.3. The molecule has 0 amide bonds. The van der Waals surface area contributed by atoms with E-state index in [0.717, 1.165) is 12.8 Å². The fourth-order valence-electron chi connectivity index (χ4n) is 3.23. The van der Waals surface area contributed by atoms with Gasteiger partial charge in [-0.05, 0) is 31.9 Å². The van der Waals surface area contributed by atoms with Crippen LogP contribution in [-0.4, -0.2) is 11.4 Å². The van der Waals surface area contributed by atoms with E-state index in [2.05, 4.69) is 11.8 Å². The first kappa shape index (κ1) is 17.5. The molecule has 1 aromatic carbocycles. The van der Waals surface area contributed by atoms with Gasteiger partial charge >= 0.3 is 0 Å². The SMILES string of the molecule is [C-]#[N+]c1ccc2c(c1)C(=O)CC(C)(CCCCCCCCC)O2. The van der Waals surface area contributed by atoms with Crippen molar-refractivity contribution in [2.75, 3.05) is 0 Å². The monoisotopic (exact) mass is 313 g/mol. The highest BCUT2D eigenvalue weighted by molar-refractivity contribution is 6.01. The number of carbonyl (C=O) groups excluding carboxylic acids is 1. The Morgan fingerprint density at radius 3 is 2.57 bits per heavy atom. The van der Waals surface area contributed by atoms with Crippen LogP contribution in [0.2, 0.25) is 0 Å². The normalized spacial score (nSPS) is 19.8. The van der Waals surface area contributed by atoms with Crippen LogP contribution in [0.25, 0.3) is 4.85 Å². The number of carbonyl (C=O) groups is 1. The molecule has 0 bridgehead atoms. The first-order chi connectivity index (χ1) is 11.1. The highest BCUT2D eigenvalue weighted by Gasteiger charge is 2.35. The Hall–Kier alpha value is -1.82. The van der Waals surface area contributed by atoms with Gasteiger partial charge in [0.15, 0.2) is 11.5 Å². The molecule has 23 heavy (non-hydrogen) atoms. The second-order valence-electron chi connectivity index (χ2n) is 6.82. The van der Waals surface area contributed by atoms with E-state index in [1.165, 1.54) is 38.5 Å². The summed E-state index contributed by atoms with van der Waals surface area (Å²) in [4.78, 5) is 15.8. The quantitative estimate of drug-likeness (QED) is 0.428. The lowest BCUT2D eigenvalue weighted by molar-refractivity contribution is 0.0453.